The molecule has 2 fully saturated rings. The van der Waals surface area contributed by atoms with E-state index in [1.807, 2.05) is 18.3 Å². The van der Waals surface area contributed by atoms with E-state index in [1.165, 1.54) is 32.1 Å². The second kappa shape index (κ2) is 8.58. The Morgan fingerprint density at radius 3 is 2.47 bits per heavy atom. The summed E-state index contributed by atoms with van der Waals surface area (Å²) in [6.07, 6.45) is 12.1. The molecule has 0 atom stereocenters. The first-order chi connectivity index (χ1) is 14.3. The number of aromatic nitrogens is 2. The zero-order chi connectivity index (χ0) is 21.3. The Balaban J connectivity index is 1.68. The number of carbonyl (C=O) groups is 1. The van der Waals surface area contributed by atoms with Gasteiger partial charge < -0.3 is 16.4 Å². The molecule has 164 valence electrons. The molecule has 2 saturated carbocycles. The van der Waals surface area contributed by atoms with E-state index in [4.69, 9.17) is 10.7 Å². The maximum atomic E-state index is 13.2. The Bertz CT molecular complexity index is 883. The predicted molar refractivity (Wildman–Crippen MR) is 122 cm³/mol. The van der Waals surface area contributed by atoms with Crippen molar-refractivity contribution < 1.29 is 4.79 Å². The number of anilines is 1. The van der Waals surface area contributed by atoms with Crippen LogP contribution in [0.4, 0.5) is 5.82 Å². The lowest BCUT2D eigenvalue weighted by molar-refractivity contribution is 0.0927. The number of imidazole rings is 1. The predicted octanol–water partition coefficient (Wildman–Crippen LogP) is 4.59. The van der Waals surface area contributed by atoms with Crippen molar-refractivity contribution in [2.45, 2.75) is 102 Å². The molecule has 0 aliphatic heterocycles. The van der Waals surface area contributed by atoms with Gasteiger partial charge in [0.1, 0.15) is 5.82 Å². The lowest BCUT2D eigenvalue weighted by atomic mass is 9.87. The fourth-order valence-electron chi connectivity index (χ4n) is 4.93. The van der Waals surface area contributed by atoms with E-state index in [2.05, 4.69) is 35.8 Å². The van der Waals surface area contributed by atoms with Gasteiger partial charge in [-0.25, -0.2) is 4.98 Å². The summed E-state index contributed by atoms with van der Waals surface area (Å²) in [5, 5.41) is 6.91. The van der Waals surface area contributed by atoms with Crippen molar-refractivity contribution in [3.05, 3.63) is 29.6 Å². The summed E-state index contributed by atoms with van der Waals surface area (Å²) in [6.45, 7) is 6.50. The van der Waals surface area contributed by atoms with Crippen LogP contribution in [0, 0.1) is 0 Å². The van der Waals surface area contributed by atoms with Gasteiger partial charge in [-0.1, -0.05) is 19.3 Å². The minimum Gasteiger partial charge on any atom is -0.365 e. The molecule has 30 heavy (non-hydrogen) atoms. The number of hydrogen-bond donors (Lipinski definition) is 3. The number of nitrogens with one attached hydrogen (secondary N) is 2. The standard InChI is InChI=1S/C24H37N5O/c1-24(2,3)28-22-20(16-8-5-4-6-9-16)27-21-19(10-7-15-29(21)22)23(30)26-18-13-11-17(25)12-14-18/h7,10,15-18,28H,4-6,8-9,11-14,25H2,1-3H3,(H,26,30). The molecule has 2 aromatic heterocycles. The molecule has 2 aromatic rings. The van der Waals surface area contributed by atoms with Gasteiger partial charge in [-0.05, 0) is 71.4 Å². The van der Waals surface area contributed by atoms with Gasteiger partial charge in [0, 0.05) is 29.7 Å². The zero-order valence-corrected chi connectivity index (χ0v) is 18.7. The van der Waals surface area contributed by atoms with Crippen molar-refractivity contribution in [3.63, 3.8) is 0 Å². The van der Waals surface area contributed by atoms with Crippen molar-refractivity contribution in [1.82, 2.24) is 14.7 Å². The summed E-state index contributed by atoms with van der Waals surface area (Å²) in [5.41, 5.74) is 8.47. The van der Waals surface area contributed by atoms with Crippen molar-refractivity contribution in [3.8, 4) is 0 Å². The van der Waals surface area contributed by atoms with Crippen molar-refractivity contribution in [2.24, 2.45) is 5.73 Å². The molecule has 4 N–H and O–H groups in total. The highest BCUT2D eigenvalue weighted by atomic mass is 16.1. The van der Waals surface area contributed by atoms with Gasteiger partial charge in [0.2, 0.25) is 0 Å². The molecule has 0 saturated heterocycles. The van der Waals surface area contributed by atoms with Crippen molar-refractivity contribution in [2.75, 3.05) is 5.32 Å². The average molecular weight is 412 g/mol. The molecule has 4 rings (SSSR count). The first kappa shape index (κ1) is 21.2. The summed E-state index contributed by atoms with van der Waals surface area (Å²) in [7, 11) is 0. The summed E-state index contributed by atoms with van der Waals surface area (Å²) >= 11 is 0. The Morgan fingerprint density at radius 2 is 1.80 bits per heavy atom. The van der Waals surface area contributed by atoms with Crippen LogP contribution in [0.25, 0.3) is 5.65 Å². The highest BCUT2D eigenvalue weighted by molar-refractivity contribution is 6.00. The maximum Gasteiger partial charge on any atom is 0.255 e. The lowest BCUT2D eigenvalue weighted by Gasteiger charge is -2.27. The molecule has 2 heterocycles. The van der Waals surface area contributed by atoms with Crippen LogP contribution in [0.3, 0.4) is 0 Å². The molecule has 2 aliphatic carbocycles. The van der Waals surface area contributed by atoms with Crippen molar-refractivity contribution in [1.29, 1.82) is 0 Å². The van der Waals surface area contributed by atoms with E-state index in [1.54, 1.807) is 0 Å². The second-order valence-electron chi connectivity index (χ2n) is 10.3. The Kier molecular flexibility index (Phi) is 6.05. The molecular formula is C24H37N5O. The van der Waals surface area contributed by atoms with E-state index in [-0.39, 0.29) is 23.5 Å². The smallest absolute Gasteiger partial charge is 0.255 e. The molecule has 6 nitrogen and oxygen atoms in total. The highest BCUT2D eigenvalue weighted by Gasteiger charge is 2.28. The second-order valence-corrected chi connectivity index (χ2v) is 10.3. The molecule has 0 unspecified atom stereocenters. The van der Waals surface area contributed by atoms with Gasteiger partial charge in [0.05, 0.1) is 11.3 Å². The number of rotatable bonds is 4. The maximum absolute atomic E-state index is 13.2. The highest BCUT2D eigenvalue weighted by Crippen LogP contribution is 2.37. The molecule has 0 aromatic carbocycles. The van der Waals surface area contributed by atoms with Crippen molar-refractivity contribution >= 4 is 17.4 Å². The van der Waals surface area contributed by atoms with Crippen LogP contribution >= 0.6 is 0 Å². The number of amides is 1. The van der Waals surface area contributed by atoms with Crippen LogP contribution < -0.4 is 16.4 Å². The van der Waals surface area contributed by atoms with E-state index < -0.39 is 0 Å². The van der Waals surface area contributed by atoms with Crippen LogP contribution in [-0.4, -0.2) is 32.9 Å². The van der Waals surface area contributed by atoms with E-state index in [0.29, 0.717) is 11.5 Å². The number of nitrogens with zero attached hydrogens (tertiary/aromatic N) is 2. The molecule has 6 heteroatoms. The van der Waals surface area contributed by atoms with Crippen LogP contribution in [-0.2, 0) is 0 Å². The third-order valence-electron chi connectivity index (χ3n) is 6.51. The van der Waals surface area contributed by atoms with Crippen LogP contribution in [0.5, 0.6) is 0 Å². The van der Waals surface area contributed by atoms with Gasteiger partial charge in [-0.3, -0.25) is 9.20 Å². The van der Waals surface area contributed by atoms with Gasteiger partial charge in [-0.15, -0.1) is 0 Å². The van der Waals surface area contributed by atoms with E-state index in [9.17, 15) is 4.79 Å². The number of hydrogen-bond acceptors (Lipinski definition) is 4. The quantitative estimate of drug-likeness (QED) is 0.687. The largest absolute Gasteiger partial charge is 0.365 e. The monoisotopic (exact) mass is 411 g/mol. The van der Waals surface area contributed by atoms with Gasteiger partial charge >= 0.3 is 0 Å². The van der Waals surface area contributed by atoms with Gasteiger partial charge in [0.15, 0.2) is 5.65 Å². The third kappa shape index (κ3) is 4.64. The number of fused-ring (bicyclic) bond motifs is 1. The SMILES string of the molecule is CC(C)(C)Nc1c(C2CCCCC2)nc2c(C(=O)NC3CCC(N)CC3)cccn12. The fourth-order valence-corrected chi connectivity index (χ4v) is 4.93. The molecule has 2 aliphatic rings. The minimum atomic E-state index is -0.0848. The number of pyridine rings is 1. The van der Waals surface area contributed by atoms with Crippen LogP contribution in [0.2, 0.25) is 0 Å². The summed E-state index contributed by atoms with van der Waals surface area (Å²) < 4.78 is 2.08. The van der Waals surface area contributed by atoms with E-state index in [0.717, 1.165) is 42.8 Å². The minimum absolute atomic E-state index is 0.0245. The molecule has 0 spiro atoms. The fraction of sp³-hybridized carbons (Fsp3) is 0.667. The molecule has 0 radical (unpaired) electrons. The van der Waals surface area contributed by atoms with Gasteiger partial charge in [-0.2, -0.15) is 0 Å². The normalized spacial score (nSPS) is 23.5. The molecule has 1 amide bonds. The third-order valence-corrected chi connectivity index (χ3v) is 6.51. The van der Waals surface area contributed by atoms with Crippen LogP contribution in [0.15, 0.2) is 18.3 Å². The first-order valence-corrected chi connectivity index (χ1v) is 11.7. The molecule has 0 bridgehead atoms. The summed E-state index contributed by atoms with van der Waals surface area (Å²) in [4.78, 5) is 18.2. The average Bonchev–Trinajstić information content (AvgIpc) is 3.07. The zero-order valence-electron chi connectivity index (χ0n) is 18.7. The first-order valence-electron chi connectivity index (χ1n) is 11.7. The summed E-state index contributed by atoms with van der Waals surface area (Å²) in [5.74, 6) is 1.48. The van der Waals surface area contributed by atoms with E-state index >= 15 is 0 Å². The number of nitrogens with two attached hydrogens (primary N) is 1. The van der Waals surface area contributed by atoms with Gasteiger partial charge in [0.25, 0.3) is 5.91 Å². The Labute approximate surface area is 180 Å². The number of carbonyl (C=O) groups excluding carboxylic acids is 1. The van der Waals surface area contributed by atoms with Crippen LogP contribution in [0.1, 0.15) is 101 Å². The molecular weight excluding hydrogens is 374 g/mol. The lowest BCUT2D eigenvalue weighted by Crippen LogP contribution is -2.40. The summed E-state index contributed by atoms with van der Waals surface area (Å²) in [6, 6.07) is 4.34. The Hall–Kier alpha value is -2.08. The topological polar surface area (TPSA) is 84.5 Å². The Morgan fingerprint density at radius 1 is 1.10 bits per heavy atom.